The number of aliphatic carboxylic acids is 1. The molecule has 116 valence electrons. The lowest BCUT2D eigenvalue weighted by Gasteiger charge is -2.36. The predicted octanol–water partition coefficient (Wildman–Crippen LogP) is 0.458. The summed E-state index contributed by atoms with van der Waals surface area (Å²) >= 11 is 0. The fourth-order valence-electron chi connectivity index (χ4n) is 2.14. The Balaban J connectivity index is 2.73. The monoisotopic (exact) mass is 306 g/mol. The van der Waals surface area contributed by atoms with Gasteiger partial charge in [-0.3, -0.25) is 4.79 Å². The van der Waals surface area contributed by atoms with Gasteiger partial charge in [0.05, 0.1) is 11.5 Å². The summed E-state index contributed by atoms with van der Waals surface area (Å²) in [7, 11) is -3.11. The van der Waals surface area contributed by atoms with E-state index in [1.165, 1.54) is 4.90 Å². The van der Waals surface area contributed by atoms with Crippen LogP contribution < -0.4 is 5.32 Å². The maximum absolute atomic E-state index is 12.2. The summed E-state index contributed by atoms with van der Waals surface area (Å²) in [6.07, 6.45) is 1.11. The number of carboxylic acid groups (broad SMARTS) is 1. The number of carbonyl (C=O) groups excluding carboxylic acids is 1. The van der Waals surface area contributed by atoms with Crippen molar-refractivity contribution in [2.75, 3.05) is 18.1 Å². The molecule has 0 spiro atoms. The lowest BCUT2D eigenvalue weighted by atomic mass is 10.1. The van der Waals surface area contributed by atoms with Crippen LogP contribution in [0.25, 0.3) is 0 Å². The Morgan fingerprint density at radius 2 is 1.95 bits per heavy atom. The van der Waals surface area contributed by atoms with Crippen LogP contribution >= 0.6 is 0 Å². The van der Waals surface area contributed by atoms with Crippen molar-refractivity contribution in [2.24, 2.45) is 0 Å². The number of nitrogens with zero attached hydrogens (tertiary/aromatic N) is 1. The minimum absolute atomic E-state index is 0.0796. The molecule has 0 aliphatic carbocycles. The third-order valence-corrected chi connectivity index (χ3v) is 4.96. The predicted molar refractivity (Wildman–Crippen MR) is 74.3 cm³/mol. The summed E-state index contributed by atoms with van der Waals surface area (Å²) in [5.41, 5.74) is -0.657. The van der Waals surface area contributed by atoms with Crippen LogP contribution in [0.15, 0.2) is 0 Å². The molecule has 2 amide bonds. The maximum atomic E-state index is 12.2. The Bertz CT molecular complexity index is 481. The van der Waals surface area contributed by atoms with Gasteiger partial charge in [0, 0.05) is 11.6 Å². The van der Waals surface area contributed by atoms with Crippen LogP contribution in [0.1, 0.15) is 33.6 Å². The van der Waals surface area contributed by atoms with E-state index in [-0.39, 0.29) is 11.5 Å². The summed E-state index contributed by atoms with van der Waals surface area (Å²) in [6, 6.07) is -0.984. The molecule has 7 nitrogen and oxygen atoms in total. The van der Waals surface area contributed by atoms with E-state index >= 15 is 0 Å². The van der Waals surface area contributed by atoms with Gasteiger partial charge in [-0.25, -0.2) is 13.2 Å². The van der Waals surface area contributed by atoms with E-state index < -0.39 is 40.0 Å². The first kappa shape index (κ1) is 16.7. The minimum atomic E-state index is -3.11. The first-order valence-electron chi connectivity index (χ1n) is 6.51. The summed E-state index contributed by atoms with van der Waals surface area (Å²) in [5.74, 6) is -1.03. The molecule has 8 heteroatoms. The van der Waals surface area contributed by atoms with Gasteiger partial charge >= 0.3 is 12.0 Å². The topological polar surface area (TPSA) is 104 Å². The van der Waals surface area contributed by atoms with Crippen molar-refractivity contribution < 1.29 is 23.1 Å². The van der Waals surface area contributed by atoms with Gasteiger partial charge in [-0.1, -0.05) is 0 Å². The van der Waals surface area contributed by atoms with Crippen molar-refractivity contribution in [3.05, 3.63) is 0 Å². The van der Waals surface area contributed by atoms with E-state index in [0.29, 0.717) is 12.8 Å². The van der Waals surface area contributed by atoms with Crippen LogP contribution in [-0.2, 0) is 14.6 Å². The Hall–Kier alpha value is -1.31. The van der Waals surface area contributed by atoms with E-state index in [9.17, 15) is 18.0 Å². The number of carbonyl (C=O) groups is 2. The van der Waals surface area contributed by atoms with Crippen LogP contribution in [-0.4, -0.2) is 60.1 Å². The average Bonchev–Trinajstić information content (AvgIpc) is 2.22. The molecule has 0 saturated carbocycles. The van der Waals surface area contributed by atoms with E-state index in [1.54, 1.807) is 20.8 Å². The fraction of sp³-hybridized carbons (Fsp3) is 0.833. The van der Waals surface area contributed by atoms with Crippen molar-refractivity contribution in [2.45, 2.75) is 45.2 Å². The third kappa shape index (κ3) is 4.99. The quantitative estimate of drug-likeness (QED) is 0.788. The largest absolute Gasteiger partial charge is 0.480 e. The zero-order chi connectivity index (χ0) is 15.6. The molecular formula is C12H22N2O5S. The zero-order valence-corrected chi connectivity index (χ0v) is 12.9. The highest BCUT2D eigenvalue weighted by Crippen LogP contribution is 2.16. The second kappa shape index (κ2) is 5.99. The molecule has 1 saturated heterocycles. The Kier molecular flexibility index (Phi) is 5.01. The number of sulfone groups is 1. The summed E-state index contributed by atoms with van der Waals surface area (Å²) in [5, 5.41) is 11.5. The third-order valence-electron chi connectivity index (χ3n) is 3.14. The molecule has 2 N–H and O–H groups in total. The Morgan fingerprint density at radius 1 is 1.35 bits per heavy atom. The van der Waals surface area contributed by atoms with Crippen LogP contribution in [0, 0.1) is 0 Å². The van der Waals surface area contributed by atoms with Crippen LogP contribution in [0.5, 0.6) is 0 Å². The van der Waals surface area contributed by atoms with E-state index in [0.717, 1.165) is 0 Å². The number of rotatable bonds is 3. The number of urea groups is 1. The maximum Gasteiger partial charge on any atom is 0.323 e. The molecule has 1 atom stereocenters. The Labute approximate surface area is 119 Å². The lowest BCUT2D eigenvalue weighted by Crippen LogP contribution is -2.56. The van der Waals surface area contributed by atoms with E-state index in [2.05, 4.69) is 5.32 Å². The molecule has 1 aliphatic heterocycles. The van der Waals surface area contributed by atoms with Crippen molar-refractivity contribution in [1.82, 2.24) is 10.2 Å². The number of hydrogen-bond acceptors (Lipinski definition) is 4. The molecule has 1 unspecified atom stereocenters. The van der Waals surface area contributed by atoms with Gasteiger partial charge in [0.1, 0.15) is 6.54 Å². The highest BCUT2D eigenvalue weighted by molar-refractivity contribution is 7.91. The molecule has 0 radical (unpaired) electrons. The van der Waals surface area contributed by atoms with E-state index in [4.69, 9.17) is 5.11 Å². The average molecular weight is 306 g/mol. The molecule has 0 aromatic heterocycles. The van der Waals surface area contributed by atoms with E-state index in [1.807, 2.05) is 0 Å². The number of carboxylic acids is 1. The van der Waals surface area contributed by atoms with Gasteiger partial charge in [0.25, 0.3) is 0 Å². The first-order chi connectivity index (χ1) is 9.01. The van der Waals surface area contributed by atoms with Gasteiger partial charge in [0.15, 0.2) is 9.84 Å². The minimum Gasteiger partial charge on any atom is -0.480 e. The number of hydrogen-bond donors (Lipinski definition) is 2. The lowest BCUT2D eigenvalue weighted by molar-refractivity contribution is -0.138. The van der Waals surface area contributed by atoms with Gasteiger partial charge in [-0.05, 0) is 33.6 Å². The molecule has 1 heterocycles. The number of nitrogens with one attached hydrogen (secondary N) is 1. The molecule has 0 bridgehead atoms. The highest BCUT2D eigenvalue weighted by atomic mass is 32.2. The van der Waals surface area contributed by atoms with Crippen LogP contribution in [0.2, 0.25) is 0 Å². The van der Waals surface area contributed by atoms with Crippen molar-refractivity contribution >= 4 is 21.8 Å². The molecule has 0 aromatic carbocycles. The Morgan fingerprint density at radius 3 is 2.40 bits per heavy atom. The SMILES string of the molecule is CC(C)(C)N(CC(=O)O)C(=O)NC1CCCS(=O)(=O)C1. The molecule has 1 aliphatic rings. The van der Waals surface area contributed by atoms with Gasteiger partial charge in [-0.15, -0.1) is 0 Å². The van der Waals surface area contributed by atoms with Crippen LogP contribution in [0.4, 0.5) is 4.79 Å². The van der Waals surface area contributed by atoms with Gasteiger partial charge < -0.3 is 15.3 Å². The van der Waals surface area contributed by atoms with Crippen LogP contribution in [0.3, 0.4) is 0 Å². The molecule has 0 aromatic rings. The smallest absolute Gasteiger partial charge is 0.323 e. The highest BCUT2D eigenvalue weighted by Gasteiger charge is 2.32. The van der Waals surface area contributed by atoms with Crippen molar-refractivity contribution in [3.8, 4) is 0 Å². The summed E-state index contributed by atoms with van der Waals surface area (Å²) in [6.45, 7) is 4.77. The number of amides is 2. The summed E-state index contributed by atoms with van der Waals surface area (Å²) in [4.78, 5) is 24.2. The molecule has 20 heavy (non-hydrogen) atoms. The second-order valence-electron chi connectivity index (χ2n) is 6.05. The second-order valence-corrected chi connectivity index (χ2v) is 8.28. The fourth-order valence-corrected chi connectivity index (χ4v) is 3.77. The van der Waals surface area contributed by atoms with Gasteiger partial charge in [0.2, 0.25) is 0 Å². The normalized spacial score (nSPS) is 22.1. The zero-order valence-electron chi connectivity index (χ0n) is 12.0. The first-order valence-corrected chi connectivity index (χ1v) is 8.34. The standard InChI is InChI=1S/C12H22N2O5S/c1-12(2,3)14(7-10(15)16)11(17)13-9-5-4-6-20(18,19)8-9/h9H,4-8H2,1-3H3,(H,13,17)(H,15,16). The van der Waals surface area contributed by atoms with Crippen molar-refractivity contribution in [1.29, 1.82) is 0 Å². The molecule has 1 rings (SSSR count). The molecular weight excluding hydrogens is 284 g/mol. The van der Waals surface area contributed by atoms with Crippen molar-refractivity contribution in [3.63, 3.8) is 0 Å². The molecule has 1 fully saturated rings. The summed E-state index contributed by atoms with van der Waals surface area (Å²) < 4.78 is 23.1. The van der Waals surface area contributed by atoms with Gasteiger partial charge in [-0.2, -0.15) is 0 Å².